The summed E-state index contributed by atoms with van der Waals surface area (Å²) in [5.41, 5.74) is 2.44. The maximum absolute atomic E-state index is 13.1. The van der Waals surface area contributed by atoms with E-state index < -0.39 is 5.91 Å². The van der Waals surface area contributed by atoms with Crippen LogP contribution in [0.3, 0.4) is 0 Å². The van der Waals surface area contributed by atoms with Crippen LogP contribution in [-0.4, -0.2) is 34.6 Å². The van der Waals surface area contributed by atoms with Crippen LogP contribution in [0.25, 0.3) is 0 Å². The number of hydrogen-bond acceptors (Lipinski definition) is 6. The number of halogens is 1. The predicted molar refractivity (Wildman–Crippen MR) is 124 cm³/mol. The maximum Gasteiger partial charge on any atom is 0.271 e. The van der Waals surface area contributed by atoms with E-state index in [9.17, 15) is 14.0 Å². The number of aromatic nitrogens is 1. The fourth-order valence-corrected chi connectivity index (χ4v) is 3.34. The topological polar surface area (TPSA) is 93.1 Å². The summed E-state index contributed by atoms with van der Waals surface area (Å²) in [5.74, 6) is 0.475. The Hall–Kier alpha value is -4.27. The largest absolute Gasteiger partial charge is 0.493 e. The Morgan fingerprint density at radius 1 is 1.09 bits per heavy atom. The molecule has 8 nitrogen and oxygen atoms in total. The van der Waals surface area contributed by atoms with Gasteiger partial charge in [-0.25, -0.2) is 14.4 Å². The summed E-state index contributed by atoms with van der Waals surface area (Å²) in [6.07, 6.45) is 1.86. The molecule has 0 spiro atoms. The van der Waals surface area contributed by atoms with Crippen molar-refractivity contribution in [3.8, 4) is 17.4 Å². The number of aryl methyl sites for hydroxylation is 1. The molecule has 4 rings (SSSR count). The second-order valence-electron chi connectivity index (χ2n) is 7.72. The number of anilines is 1. The average molecular weight is 462 g/mol. The SMILES string of the molecule is COc1cc(C)ccc1Oc1ccc(NC(=O)C2=NN(Cc3ccc(F)cc3)C(=O)CC2)cn1. The number of pyridine rings is 1. The highest BCUT2D eigenvalue weighted by atomic mass is 19.1. The van der Waals surface area contributed by atoms with E-state index in [4.69, 9.17) is 9.47 Å². The highest BCUT2D eigenvalue weighted by Gasteiger charge is 2.24. The van der Waals surface area contributed by atoms with Crippen LogP contribution in [-0.2, 0) is 16.1 Å². The van der Waals surface area contributed by atoms with Gasteiger partial charge in [0.15, 0.2) is 11.5 Å². The third kappa shape index (κ3) is 5.55. The van der Waals surface area contributed by atoms with Crippen LogP contribution < -0.4 is 14.8 Å². The molecule has 3 aromatic rings. The van der Waals surface area contributed by atoms with Gasteiger partial charge in [0.2, 0.25) is 11.8 Å². The molecule has 9 heteroatoms. The van der Waals surface area contributed by atoms with Crippen LogP contribution in [0.1, 0.15) is 24.0 Å². The number of carbonyl (C=O) groups excluding carboxylic acids is 2. The molecule has 0 fully saturated rings. The Bertz CT molecular complexity index is 1230. The van der Waals surface area contributed by atoms with Crippen molar-refractivity contribution in [1.82, 2.24) is 9.99 Å². The van der Waals surface area contributed by atoms with Gasteiger partial charge in [-0.1, -0.05) is 18.2 Å². The van der Waals surface area contributed by atoms with Crippen LogP contribution in [0.2, 0.25) is 0 Å². The fraction of sp³-hybridized carbons (Fsp3) is 0.200. The van der Waals surface area contributed by atoms with Crippen molar-refractivity contribution < 1.29 is 23.5 Å². The van der Waals surface area contributed by atoms with E-state index in [1.165, 1.54) is 23.3 Å². The molecular formula is C25H23FN4O4. The lowest BCUT2D eigenvalue weighted by Crippen LogP contribution is -2.36. The monoisotopic (exact) mass is 462 g/mol. The smallest absolute Gasteiger partial charge is 0.271 e. The van der Waals surface area contributed by atoms with E-state index in [1.807, 2.05) is 19.1 Å². The van der Waals surface area contributed by atoms with E-state index in [-0.39, 0.29) is 36.8 Å². The molecule has 2 aromatic carbocycles. The zero-order valence-corrected chi connectivity index (χ0v) is 18.7. The molecule has 174 valence electrons. The molecule has 34 heavy (non-hydrogen) atoms. The quantitative estimate of drug-likeness (QED) is 0.560. The zero-order valence-electron chi connectivity index (χ0n) is 18.7. The summed E-state index contributed by atoms with van der Waals surface area (Å²) in [4.78, 5) is 29.2. The normalized spacial score (nSPS) is 13.3. The van der Waals surface area contributed by atoms with E-state index >= 15 is 0 Å². The molecular weight excluding hydrogens is 439 g/mol. The predicted octanol–water partition coefficient (Wildman–Crippen LogP) is 4.45. The second kappa shape index (κ2) is 10.1. The van der Waals surface area contributed by atoms with Gasteiger partial charge in [-0.15, -0.1) is 0 Å². The molecule has 1 aliphatic heterocycles. The number of hydrogen-bond donors (Lipinski definition) is 1. The van der Waals surface area contributed by atoms with E-state index in [0.717, 1.165) is 5.56 Å². The Kier molecular flexibility index (Phi) is 6.82. The molecule has 0 aliphatic carbocycles. The standard InChI is InChI=1S/C25H23FN4O4/c1-16-3-10-21(22(13-16)33-2)34-23-11-8-19(14-27-23)28-25(32)20-9-12-24(31)30(29-20)15-17-4-6-18(26)7-5-17/h3-8,10-11,13-14H,9,12,15H2,1-2H3,(H,28,32). The number of ether oxygens (including phenoxy) is 2. The fourth-order valence-electron chi connectivity index (χ4n) is 3.34. The Labute approximate surface area is 196 Å². The maximum atomic E-state index is 13.1. The van der Waals surface area contributed by atoms with Gasteiger partial charge < -0.3 is 14.8 Å². The summed E-state index contributed by atoms with van der Waals surface area (Å²) in [6.45, 7) is 2.11. The van der Waals surface area contributed by atoms with Crippen LogP contribution in [0, 0.1) is 12.7 Å². The highest BCUT2D eigenvalue weighted by molar-refractivity contribution is 6.43. The first-order chi connectivity index (χ1) is 16.4. The molecule has 0 atom stereocenters. The molecule has 2 amide bonds. The number of carbonyl (C=O) groups is 2. The molecule has 2 heterocycles. The minimum Gasteiger partial charge on any atom is -0.493 e. The van der Waals surface area contributed by atoms with Crippen molar-refractivity contribution in [3.63, 3.8) is 0 Å². The average Bonchev–Trinajstić information content (AvgIpc) is 2.84. The molecule has 0 radical (unpaired) electrons. The number of methoxy groups -OCH3 is 1. The Balaban J connectivity index is 1.41. The van der Waals surface area contributed by atoms with Crippen molar-refractivity contribution in [1.29, 1.82) is 0 Å². The van der Waals surface area contributed by atoms with Gasteiger partial charge in [0.25, 0.3) is 5.91 Å². The van der Waals surface area contributed by atoms with E-state index in [0.29, 0.717) is 28.6 Å². The first-order valence-electron chi connectivity index (χ1n) is 10.6. The number of rotatable bonds is 7. The van der Waals surface area contributed by atoms with Crippen molar-refractivity contribution in [3.05, 3.63) is 77.7 Å². The molecule has 0 saturated heterocycles. The number of nitrogens with zero attached hydrogens (tertiary/aromatic N) is 3. The number of amides is 2. The first-order valence-corrected chi connectivity index (χ1v) is 10.6. The highest BCUT2D eigenvalue weighted by Crippen LogP contribution is 2.31. The molecule has 0 saturated carbocycles. The molecule has 1 aliphatic rings. The van der Waals surface area contributed by atoms with Gasteiger partial charge in [0, 0.05) is 18.9 Å². The van der Waals surface area contributed by atoms with E-state index in [1.54, 1.807) is 37.4 Å². The van der Waals surface area contributed by atoms with Crippen LogP contribution >= 0.6 is 0 Å². The van der Waals surface area contributed by atoms with E-state index in [2.05, 4.69) is 15.4 Å². The summed E-state index contributed by atoms with van der Waals surface area (Å²) in [5, 5.41) is 8.18. The van der Waals surface area contributed by atoms with Crippen molar-refractivity contribution in [2.24, 2.45) is 5.10 Å². The van der Waals surface area contributed by atoms with Crippen molar-refractivity contribution in [2.75, 3.05) is 12.4 Å². The Morgan fingerprint density at radius 2 is 1.88 bits per heavy atom. The van der Waals surface area contributed by atoms with Gasteiger partial charge in [-0.05, 0) is 48.4 Å². The first kappa shape index (κ1) is 22.9. The van der Waals surface area contributed by atoms with Gasteiger partial charge in [0.05, 0.1) is 25.5 Å². The molecule has 1 aromatic heterocycles. The second-order valence-corrected chi connectivity index (χ2v) is 7.72. The molecule has 0 bridgehead atoms. The summed E-state index contributed by atoms with van der Waals surface area (Å²) in [6, 6.07) is 14.6. The van der Waals surface area contributed by atoms with Gasteiger partial charge in [-0.3, -0.25) is 9.59 Å². The summed E-state index contributed by atoms with van der Waals surface area (Å²) >= 11 is 0. The van der Waals surface area contributed by atoms with Crippen molar-refractivity contribution >= 4 is 23.2 Å². The lowest BCUT2D eigenvalue weighted by Gasteiger charge is -2.23. The third-order valence-electron chi connectivity index (χ3n) is 5.14. The van der Waals surface area contributed by atoms with Crippen LogP contribution in [0.4, 0.5) is 10.1 Å². The minimum absolute atomic E-state index is 0.159. The van der Waals surface area contributed by atoms with Gasteiger partial charge in [0.1, 0.15) is 11.5 Å². The Morgan fingerprint density at radius 3 is 2.59 bits per heavy atom. The van der Waals surface area contributed by atoms with Crippen molar-refractivity contribution in [2.45, 2.75) is 26.3 Å². The summed E-state index contributed by atoms with van der Waals surface area (Å²) in [7, 11) is 1.57. The van der Waals surface area contributed by atoms with Gasteiger partial charge >= 0.3 is 0 Å². The molecule has 1 N–H and O–H groups in total. The minimum atomic E-state index is -0.424. The number of nitrogens with one attached hydrogen (secondary N) is 1. The lowest BCUT2D eigenvalue weighted by atomic mass is 10.1. The number of hydrazone groups is 1. The lowest BCUT2D eigenvalue weighted by molar-refractivity contribution is -0.132. The summed E-state index contributed by atoms with van der Waals surface area (Å²) < 4.78 is 24.2. The third-order valence-corrected chi connectivity index (χ3v) is 5.14. The van der Waals surface area contributed by atoms with Crippen LogP contribution in [0.15, 0.2) is 65.9 Å². The molecule has 0 unspecified atom stereocenters. The van der Waals surface area contributed by atoms with Crippen LogP contribution in [0.5, 0.6) is 17.4 Å². The zero-order chi connectivity index (χ0) is 24.1. The van der Waals surface area contributed by atoms with Gasteiger partial charge in [-0.2, -0.15) is 5.10 Å². The number of benzene rings is 2.